The predicted molar refractivity (Wildman–Crippen MR) is 58.6 cm³/mol. The summed E-state index contributed by atoms with van der Waals surface area (Å²) in [7, 11) is 0. The fourth-order valence-electron chi connectivity index (χ4n) is 2.49. The molecule has 0 amide bonds. The third-order valence-electron chi connectivity index (χ3n) is 3.34. The van der Waals surface area contributed by atoms with E-state index in [9.17, 15) is 0 Å². The van der Waals surface area contributed by atoms with Crippen molar-refractivity contribution in [3.05, 3.63) is 24.2 Å². The number of alkyl halides is 1. The minimum atomic E-state index is 0.650. The Labute approximate surface area is 90.4 Å². The lowest BCUT2D eigenvalue weighted by atomic mass is 9.88. The van der Waals surface area contributed by atoms with Gasteiger partial charge >= 0.3 is 0 Å². The lowest BCUT2D eigenvalue weighted by molar-refractivity contribution is 0.368. The van der Waals surface area contributed by atoms with E-state index in [-0.39, 0.29) is 0 Å². The third kappa shape index (κ3) is 2.33. The van der Waals surface area contributed by atoms with Gasteiger partial charge in [0.2, 0.25) is 0 Å². The third-order valence-corrected chi connectivity index (χ3v) is 3.74. The second-order valence-corrected chi connectivity index (χ2v) is 4.60. The van der Waals surface area contributed by atoms with Crippen LogP contribution in [0, 0.1) is 11.8 Å². The van der Waals surface area contributed by atoms with Crippen LogP contribution in [0.5, 0.6) is 0 Å². The molecule has 1 nitrogen and oxygen atoms in total. The van der Waals surface area contributed by atoms with E-state index in [0.717, 1.165) is 18.2 Å². The Morgan fingerprint density at radius 3 is 2.79 bits per heavy atom. The Bertz CT molecular complexity index is 249. The minimum Gasteiger partial charge on any atom is -0.472 e. The summed E-state index contributed by atoms with van der Waals surface area (Å²) >= 11 is 6.03. The summed E-state index contributed by atoms with van der Waals surface area (Å²) in [5.41, 5.74) is 1.29. The SMILES string of the molecule is ClCC(Cc1ccoc1)C1CCCC1. The van der Waals surface area contributed by atoms with Crippen LogP contribution in [0.4, 0.5) is 0 Å². The molecule has 2 rings (SSSR count). The molecule has 0 bridgehead atoms. The van der Waals surface area contributed by atoms with Crippen molar-refractivity contribution in [1.29, 1.82) is 0 Å². The van der Waals surface area contributed by atoms with Gasteiger partial charge in [-0.1, -0.05) is 25.7 Å². The first-order valence-electron chi connectivity index (χ1n) is 5.47. The molecule has 0 aromatic carbocycles. The predicted octanol–water partition coefficient (Wildman–Crippen LogP) is 3.87. The van der Waals surface area contributed by atoms with Gasteiger partial charge in [0.15, 0.2) is 0 Å². The maximum absolute atomic E-state index is 6.03. The Balaban J connectivity index is 1.92. The Hall–Kier alpha value is -0.430. The highest BCUT2D eigenvalue weighted by atomic mass is 35.5. The molecular formula is C12H17ClO. The van der Waals surface area contributed by atoms with E-state index in [1.165, 1.54) is 31.2 Å². The van der Waals surface area contributed by atoms with E-state index in [4.69, 9.17) is 16.0 Å². The van der Waals surface area contributed by atoms with Crippen LogP contribution in [0.3, 0.4) is 0 Å². The molecule has 2 heteroatoms. The molecule has 0 spiro atoms. The Morgan fingerprint density at radius 1 is 1.43 bits per heavy atom. The molecule has 14 heavy (non-hydrogen) atoms. The molecule has 1 aromatic rings. The number of hydrogen-bond donors (Lipinski definition) is 0. The van der Waals surface area contributed by atoms with Crippen molar-refractivity contribution in [2.75, 3.05) is 5.88 Å². The summed E-state index contributed by atoms with van der Waals surface area (Å²) in [6, 6.07) is 2.05. The van der Waals surface area contributed by atoms with Crippen LogP contribution in [0.15, 0.2) is 23.0 Å². The minimum absolute atomic E-state index is 0.650. The van der Waals surface area contributed by atoms with E-state index in [0.29, 0.717) is 5.92 Å². The molecule has 0 aliphatic heterocycles. The number of hydrogen-bond acceptors (Lipinski definition) is 1. The molecule has 0 radical (unpaired) electrons. The zero-order chi connectivity index (χ0) is 9.80. The highest BCUT2D eigenvalue weighted by Crippen LogP contribution is 2.33. The fourth-order valence-corrected chi connectivity index (χ4v) is 2.85. The average Bonchev–Trinajstić information content (AvgIpc) is 2.86. The van der Waals surface area contributed by atoms with E-state index in [1.807, 2.05) is 6.26 Å². The molecule has 0 N–H and O–H groups in total. The second-order valence-electron chi connectivity index (χ2n) is 4.29. The maximum atomic E-state index is 6.03. The summed E-state index contributed by atoms with van der Waals surface area (Å²) in [5.74, 6) is 2.29. The lowest BCUT2D eigenvalue weighted by Gasteiger charge is -2.19. The molecule has 1 atom stereocenters. The first-order valence-corrected chi connectivity index (χ1v) is 6.00. The van der Waals surface area contributed by atoms with Gasteiger partial charge in [-0.2, -0.15) is 0 Å². The van der Waals surface area contributed by atoms with Gasteiger partial charge in [-0.25, -0.2) is 0 Å². The highest BCUT2D eigenvalue weighted by Gasteiger charge is 2.24. The second kappa shape index (κ2) is 4.88. The molecule has 78 valence electrons. The van der Waals surface area contributed by atoms with Crippen molar-refractivity contribution in [3.8, 4) is 0 Å². The van der Waals surface area contributed by atoms with Crippen LogP contribution in [-0.2, 0) is 6.42 Å². The highest BCUT2D eigenvalue weighted by molar-refractivity contribution is 6.18. The summed E-state index contributed by atoms with van der Waals surface area (Å²) < 4.78 is 5.08. The molecule has 0 saturated heterocycles. The van der Waals surface area contributed by atoms with Crippen molar-refractivity contribution < 1.29 is 4.42 Å². The zero-order valence-corrected chi connectivity index (χ0v) is 9.17. The largest absolute Gasteiger partial charge is 0.472 e. The van der Waals surface area contributed by atoms with Crippen molar-refractivity contribution >= 4 is 11.6 Å². The quantitative estimate of drug-likeness (QED) is 0.691. The molecule has 1 fully saturated rings. The lowest BCUT2D eigenvalue weighted by Crippen LogP contribution is -2.16. The number of halogens is 1. The van der Waals surface area contributed by atoms with Crippen LogP contribution in [0.2, 0.25) is 0 Å². The van der Waals surface area contributed by atoms with Crippen LogP contribution in [0.25, 0.3) is 0 Å². The first-order chi connectivity index (χ1) is 6.90. The normalized spacial score (nSPS) is 20.1. The van der Waals surface area contributed by atoms with Gasteiger partial charge in [-0.05, 0) is 29.9 Å². The van der Waals surface area contributed by atoms with Crippen LogP contribution in [-0.4, -0.2) is 5.88 Å². The van der Waals surface area contributed by atoms with Crippen molar-refractivity contribution in [3.63, 3.8) is 0 Å². The van der Waals surface area contributed by atoms with Crippen LogP contribution < -0.4 is 0 Å². The summed E-state index contributed by atoms with van der Waals surface area (Å²) in [4.78, 5) is 0. The molecule has 1 unspecified atom stereocenters. The molecule has 1 aliphatic rings. The van der Waals surface area contributed by atoms with E-state index in [2.05, 4.69) is 6.07 Å². The van der Waals surface area contributed by atoms with Crippen LogP contribution in [0.1, 0.15) is 31.2 Å². The number of furan rings is 1. The van der Waals surface area contributed by atoms with Gasteiger partial charge in [-0.15, -0.1) is 11.6 Å². The summed E-state index contributed by atoms with van der Waals surface area (Å²) in [6.45, 7) is 0. The van der Waals surface area contributed by atoms with Gasteiger partial charge in [0.25, 0.3) is 0 Å². The topological polar surface area (TPSA) is 13.1 Å². The fraction of sp³-hybridized carbons (Fsp3) is 0.667. The van der Waals surface area contributed by atoms with E-state index in [1.54, 1.807) is 6.26 Å². The van der Waals surface area contributed by atoms with E-state index >= 15 is 0 Å². The summed E-state index contributed by atoms with van der Waals surface area (Å²) in [6.07, 6.45) is 10.2. The number of rotatable bonds is 4. The Kier molecular flexibility index (Phi) is 3.52. The van der Waals surface area contributed by atoms with Gasteiger partial charge in [0.05, 0.1) is 12.5 Å². The van der Waals surface area contributed by atoms with Gasteiger partial charge in [0.1, 0.15) is 0 Å². The van der Waals surface area contributed by atoms with Gasteiger partial charge < -0.3 is 4.42 Å². The van der Waals surface area contributed by atoms with Crippen molar-refractivity contribution in [2.24, 2.45) is 11.8 Å². The van der Waals surface area contributed by atoms with Gasteiger partial charge in [-0.3, -0.25) is 0 Å². The average molecular weight is 213 g/mol. The standard InChI is InChI=1S/C12H17ClO/c13-8-12(11-3-1-2-4-11)7-10-5-6-14-9-10/h5-6,9,11-12H,1-4,7-8H2. The molecule has 1 aliphatic carbocycles. The zero-order valence-electron chi connectivity index (χ0n) is 8.42. The smallest absolute Gasteiger partial charge is 0.0934 e. The molecular weight excluding hydrogens is 196 g/mol. The van der Waals surface area contributed by atoms with Gasteiger partial charge in [0, 0.05) is 5.88 Å². The van der Waals surface area contributed by atoms with Crippen molar-refractivity contribution in [2.45, 2.75) is 32.1 Å². The molecule has 1 saturated carbocycles. The van der Waals surface area contributed by atoms with Crippen LogP contribution >= 0.6 is 11.6 Å². The van der Waals surface area contributed by atoms with Crippen molar-refractivity contribution in [1.82, 2.24) is 0 Å². The van der Waals surface area contributed by atoms with E-state index < -0.39 is 0 Å². The molecule has 1 aromatic heterocycles. The summed E-state index contributed by atoms with van der Waals surface area (Å²) in [5, 5.41) is 0. The Morgan fingerprint density at radius 2 is 2.21 bits per heavy atom. The first kappa shape index (κ1) is 10.1. The molecule has 1 heterocycles. The monoisotopic (exact) mass is 212 g/mol. The maximum Gasteiger partial charge on any atom is 0.0934 e.